The summed E-state index contributed by atoms with van der Waals surface area (Å²) < 4.78 is 0. The molecule has 1 rings (SSSR count). The van der Waals surface area contributed by atoms with E-state index in [0.29, 0.717) is 24.8 Å². The number of nitrogens with two attached hydrogens (primary N) is 1. The number of halogens is 1. The molecule has 0 aliphatic heterocycles. The first kappa shape index (κ1) is 22.2. The van der Waals surface area contributed by atoms with Gasteiger partial charge in [-0.1, -0.05) is 33.1 Å². The highest BCUT2D eigenvalue weighted by Crippen LogP contribution is 2.25. The smallest absolute Gasteiger partial charge is 0.241 e. The summed E-state index contributed by atoms with van der Waals surface area (Å²) >= 11 is 0. The number of rotatable bonds is 8. The van der Waals surface area contributed by atoms with Crippen molar-refractivity contribution in [1.29, 1.82) is 0 Å². The van der Waals surface area contributed by atoms with Crippen LogP contribution in [0.3, 0.4) is 0 Å². The van der Waals surface area contributed by atoms with Gasteiger partial charge in [-0.2, -0.15) is 0 Å². The summed E-state index contributed by atoms with van der Waals surface area (Å²) in [6.45, 7) is 4.89. The number of hydrogen-bond donors (Lipinski definition) is 2. The molecule has 1 unspecified atom stereocenters. The Morgan fingerprint density at radius 2 is 1.83 bits per heavy atom. The van der Waals surface area contributed by atoms with E-state index in [2.05, 4.69) is 19.2 Å². The lowest BCUT2D eigenvalue weighted by Gasteiger charge is -2.23. The van der Waals surface area contributed by atoms with Crippen molar-refractivity contribution in [3.63, 3.8) is 0 Å². The van der Waals surface area contributed by atoms with E-state index in [1.54, 1.807) is 11.9 Å². The van der Waals surface area contributed by atoms with Gasteiger partial charge in [-0.15, -0.1) is 12.4 Å². The Morgan fingerprint density at radius 1 is 1.22 bits per heavy atom. The molecule has 0 spiro atoms. The molecule has 1 aliphatic rings. The third-order valence-corrected chi connectivity index (χ3v) is 4.72. The standard InChI is InChI=1S/C17H33N3O2.ClH/c1-13(2)15(18)9-10-20(3)17(22)12-19-16(21)11-14-7-5-4-6-8-14;/h13-15H,4-12,18H2,1-3H3,(H,19,21);1H. The molecule has 0 bridgehead atoms. The van der Waals surface area contributed by atoms with Gasteiger partial charge in [-0.25, -0.2) is 0 Å². The summed E-state index contributed by atoms with van der Waals surface area (Å²) in [6, 6.07) is 0.108. The average molecular weight is 348 g/mol. The van der Waals surface area contributed by atoms with Crippen LogP contribution in [0.4, 0.5) is 0 Å². The molecule has 0 aromatic heterocycles. The molecule has 2 amide bonds. The van der Waals surface area contributed by atoms with Crippen LogP contribution in [0.15, 0.2) is 0 Å². The maximum atomic E-state index is 12.0. The molecule has 1 atom stereocenters. The number of likely N-dealkylation sites (N-methyl/N-ethyl adjacent to an activating group) is 1. The maximum Gasteiger partial charge on any atom is 0.241 e. The first-order valence-electron chi connectivity index (χ1n) is 8.66. The molecular formula is C17H34ClN3O2. The van der Waals surface area contributed by atoms with E-state index in [1.165, 1.54) is 19.3 Å². The van der Waals surface area contributed by atoms with Crippen molar-refractivity contribution < 1.29 is 9.59 Å². The van der Waals surface area contributed by atoms with Gasteiger partial charge in [0.05, 0.1) is 6.54 Å². The van der Waals surface area contributed by atoms with Crippen LogP contribution in [-0.2, 0) is 9.59 Å². The zero-order chi connectivity index (χ0) is 16.5. The summed E-state index contributed by atoms with van der Waals surface area (Å²) in [4.78, 5) is 25.5. The van der Waals surface area contributed by atoms with Gasteiger partial charge in [0.25, 0.3) is 0 Å². The second-order valence-electron chi connectivity index (χ2n) is 7.00. The molecule has 1 aliphatic carbocycles. The fourth-order valence-electron chi connectivity index (χ4n) is 2.84. The van der Waals surface area contributed by atoms with Crippen LogP contribution in [0, 0.1) is 11.8 Å². The SMILES string of the molecule is CC(C)C(N)CCN(C)C(=O)CNC(=O)CC1CCCCC1.Cl. The number of carbonyl (C=O) groups excluding carboxylic acids is 2. The second kappa shape index (κ2) is 11.7. The van der Waals surface area contributed by atoms with Gasteiger partial charge in [-0.3, -0.25) is 9.59 Å². The number of amides is 2. The minimum Gasteiger partial charge on any atom is -0.347 e. The maximum absolute atomic E-state index is 12.0. The Bertz CT molecular complexity index is 358. The normalized spacial score (nSPS) is 16.6. The third kappa shape index (κ3) is 9.16. The first-order chi connectivity index (χ1) is 10.4. The summed E-state index contributed by atoms with van der Waals surface area (Å²) in [5.74, 6) is 0.879. The fraction of sp³-hybridized carbons (Fsp3) is 0.882. The van der Waals surface area contributed by atoms with Crippen LogP contribution in [0.1, 0.15) is 58.8 Å². The minimum absolute atomic E-state index is 0. The Morgan fingerprint density at radius 3 is 2.39 bits per heavy atom. The topological polar surface area (TPSA) is 75.4 Å². The Labute approximate surface area is 147 Å². The average Bonchev–Trinajstić information content (AvgIpc) is 2.50. The lowest BCUT2D eigenvalue weighted by molar-refractivity contribution is -0.132. The van der Waals surface area contributed by atoms with E-state index in [1.807, 2.05) is 0 Å². The van der Waals surface area contributed by atoms with E-state index in [-0.39, 0.29) is 36.8 Å². The predicted octanol–water partition coefficient (Wildman–Crippen LogP) is 2.33. The van der Waals surface area contributed by atoms with Crippen LogP contribution in [0.25, 0.3) is 0 Å². The quantitative estimate of drug-likeness (QED) is 0.707. The molecule has 1 saturated carbocycles. The Kier molecular flexibility index (Phi) is 11.3. The highest BCUT2D eigenvalue weighted by molar-refractivity contribution is 5.85. The summed E-state index contributed by atoms with van der Waals surface area (Å²) in [7, 11) is 1.77. The molecule has 3 N–H and O–H groups in total. The van der Waals surface area contributed by atoms with Crippen molar-refractivity contribution in [2.75, 3.05) is 20.1 Å². The lowest BCUT2D eigenvalue weighted by atomic mass is 9.87. The highest BCUT2D eigenvalue weighted by Gasteiger charge is 2.18. The van der Waals surface area contributed by atoms with Gasteiger partial charge in [0, 0.05) is 26.1 Å². The number of nitrogens with one attached hydrogen (secondary N) is 1. The molecule has 0 aromatic carbocycles. The van der Waals surface area contributed by atoms with Gasteiger partial charge in [0.15, 0.2) is 0 Å². The summed E-state index contributed by atoms with van der Waals surface area (Å²) in [5.41, 5.74) is 5.98. The zero-order valence-corrected chi connectivity index (χ0v) is 15.7. The molecule has 23 heavy (non-hydrogen) atoms. The molecule has 5 nitrogen and oxygen atoms in total. The summed E-state index contributed by atoms with van der Waals surface area (Å²) in [6.07, 6.45) is 7.40. The van der Waals surface area contributed by atoms with Crippen molar-refractivity contribution in [3.05, 3.63) is 0 Å². The monoisotopic (exact) mass is 347 g/mol. The lowest BCUT2D eigenvalue weighted by Crippen LogP contribution is -2.40. The first-order valence-corrected chi connectivity index (χ1v) is 8.66. The highest BCUT2D eigenvalue weighted by atomic mass is 35.5. The van der Waals surface area contributed by atoms with Crippen molar-refractivity contribution in [1.82, 2.24) is 10.2 Å². The van der Waals surface area contributed by atoms with E-state index >= 15 is 0 Å². The van der Waals surface area contributed by atoms with Gasteiger partial charge < -0.3 is 16.0 Å². The van der Waals surface area contributed by atoms with Crippen LogP contribution in [-0.4, -0.2) is 42.9 Å². The number of carbonyl (C=O) groups is 2. The third-order valence-electron chi connectivity index (χ3n) is 4.72. The van der Waals surface area contributed by atoms with Gasteiger partial charge in [0.1, 0.15) is 0 Å². The molecule has 0 heterocycles. The molecule has 136 valence electrons. The molecule has 1 fully saturated rings. The van der Waals surface area contributed by atoms with Crippen molar-refractivity contribution in [2.24, 2.45) is 17.6 Å². The molecule has 6 heteroatoms. The number of nitrogens with zero attached hydrogens (tertiary/aromatic N) is 1. The van der Waals surface area contributed by atoms with Gasteiger partial charge in [0.2, 0.25) is 11.8 Å². The molecule has 0 saturated heterocycles. The largest absolute Gasteiger partial charge is 0.347 e. The Balaban J connectivity index is 0.00000484. The van der Waals surface area contributed by atoms with E-state index in [9.17, 15) is 9.59 Å². The van der Waals surface area contributed by atoms with Crippen LogP contribution in [0.5, 0.6) is 0 Å². The van der Waals surface area contributed by atoms with Crippen LogP contribution in [0.2, 0.25) is 0 Å². The fourth-order valence-corrected chi connectivity index (χ4v) is 2.84. The molecule has 0 aromatic rings. The van der Waals surface area contributed by atoms with Crippen LogP contribution < -0.4 is 11.1 Å². The van der Waals surface area contributed by atoms with Crippen molar-refractivity contribution in [2.45, 2.75) is 64.8 Å². The second-order valence-corrected chi connectivity index (χ2v) is 7.00. The number of hydrogen-bond acceptors (Lipinski definition) is 3. The predicted molar refractivity (Wildman–Crippen MR) is 96.5 cm³/mol. The van der Waals surface area contributed by atoms with E-state index in [4.69, 9.17) is 5.73 Å². The minimum atomic E-state index is -0.0482. The van der Waals surface area contributed by atoms with Crippen LogP contribution >= 0.6 is 12.4 Å². The van der Waals surface area contributed by atoms with Gasteiger partial charge in [-0.05, 0) is 31.1 Å². The summed E-state index contributed by atoms with van der Waals surface area (Å²) in [5, 5.41) is 2.76. The molecule has 0 radical (unpaired) electrons. The molecular weight excluding hydrogens is 314 g/mol. The Hall–Kier alpha value is -0.810. The van der Waals surface area contributed by atoms with Gasteiger partial charge >= 0.3 is 0 Å². The van der Waals surface area contributed by atoms with E-state index < -0.39 is 0 Å². The zero-order valence-electron chi connectivity index (χ0n) is 14.8. The van der Waals surface area contributed by atoms with Crippen molar-refractivity contribution >= 4 is 24.2 Å². The van der Waals surface area contributed by atoms with Crippen molar-refractivity contribution in [3.8, 4) is 0 Å². The van der Waals surface area contributed by atoms with E-state index in [0.717, 1.165) is 19.3 Å².